The van der Waals surface area contributed by atoms with Gasteiger partial charge in [0.25, 0.3) is 5.91 Å². The van der Waals surface area contributed by atoms with E-state index in [2.05, 4.69) is 6.92 Å². The van der Waals surface area contributed by atoms with E-state index in [0.717, 1.165) is 25.8 Å². The predicted molar refractivity (Wildman–Crippen MR) is 96.1 cm³/mol. The van der Waals surface area contributed by atoms with Crippen LogP contribution < -0.4 is 15.2 Å². The number of ether oxygens (including phenoxy) is 2. The lowest BCUT2D eigenvalue weighted by atomic mass is 9.92. The van der Waals surface area contributed by atoms with Crippen molar-refractivity contribution in [1.82, 2.24) is 4.90 Å². The van der Waals surface area contributed by atoms with Crippen molar-refractivity contribution in [3.05, 3.63) is 22.7 Å². The summed E-state index contributed by atoms with van der Waals surface area (Å²) in [6, 6.07) is 3.43. The summed E-state index contributed by atoms with van der Waals surface area (Å²) in [5.41, 5.74) is 6.38. The third-order valence-electron chi connectivity index (χ3n) is 4.44. The van der Waals surface area contributed by atoms with Crippen LogP contribution in [0.3, 0.4) is 0 Å². The molecule has 0 saturated carbocycles. The van der Waals surface area contributed by atoms with Crippen molar-refractivity contribution in [2.24, 2.45) is 11.7 Å². The van der Waals surface area contributed by atoms with Gasteiger partial charge in [-0.25, -0.2) is 0 Å². The van der Waals surface area contributed by atoms with E-state index in [1.54, 1.807) is 19.2 Å². The van der Waals surface area contributed by atoms with Crippen LogP contribution in [0.1, 0.15) is 43.5 Å². The summed E-state index contributed by atoms with van der Waals surface area (Å²) in [7, 11) is 1.55. The third-order valence-corrected chi connectivity index (χ3v) is 4.72. The zero-order chi connectivity index (χ0) is 17.7. The topological polar surface area (TPSA) is 64.8 Å². The number of likely N-dealkylation sites (tertiary alicyclic amines) is 1. The van der Waals surface area contributed by atoms with E-state index >= 15 is 0 Å². The fourth-order valence-corrected chi connectivity index (χ4v) is 3.36. The molecule has 1 heterocycles. The van der Waals surface area contributed by atoms with Crippen LogP contribution >= 0.6 is 11.6 Å². The van der Waals surface area contributed by atoms with Gasteiger partial charge in [0.1, 0.15) is 0 Å². The highest BCUT2D eigenvalue weighted by Gasteiger charge is 2.30. The number of halogens is 1. The number of rotatable bonds is 6. The quantitative estimate of drug-likeness (QED) is 0.850. The molecule has 0 aliphatic carbocycles. The van der Waals surface area contributed by atoms with Crippen molar-refractivity contribution < 1.29 is 14.3 Å². The molecule has 2 rings (SSSR count). The van der Waals surface area contributed by atoms with Gasteiger partial charge in [-0.05, 0) is 37.3 Å². The molecule has 1 fully saturated rings. The third kappa shape index (κ3) is 4.14. The van der Waals surface area contributed by atoms with Crippen molar-refractivity contribution >= 4 is 17.5 Å². The van der Waals surface area contributed by atoms with E-state index in [1.165, 1.54) is 0 Å². The van der Waals surface area contributed by atoms with Gasteiger partial charge >= 0.3 is 0 Å². The van der Waals surface area contributed by atoms with Gasteiger partial charge in [-0.2, -0.15) is 0 Å². The molecule has 1 aliphatic rings. The summed E-state index contributed by atoms with van der Waals surface area (Å²) in [4.78, 5) is 14.8. The molecule has 2 atom stereocenters. The van der Waals surface area contributed by atoms with E-state index in [1.807, 2.05) is 11.8 Å². The lowest BCUT2D eigenvalue weighted by Gasteiger charge is -2.38. The summed E-state index contributed by atoms with van der Waals surface area (Å²) in [6.45, 7) is 5.95. The molecular formula is C18H27ClN2O3. The highest BCUT2D eigenvalue weighted by atomic mass is 35.5. The SMILES string of the molecule is CCCOc1c(Cl)cc(C(=O)N2CCC(C)CC2CN)cc1OC. The first-order chi connectivity index (χ1) is 11.5. The highest BCUT2D eigenvalue weighted by Crippen LogP contribution is 2.37. The molecule has 0 aromatic heterocycles. The minimum Gasteiger partial charge on any atom is -0.493 e. The maximum Gasteiger partial charge on any atom is 0.254 e. The van der Waals surface area contributed by atoms with Crippen molar-refractivity contribution in [1.29, 1.82) is 0 Å². The Labute approximate surface area is 149 Å². The monoisotopic (exact) mass is 354 g/mol. The Bertz CT molecular complexity index is 580. The molecule has 1 aromatic carbocycles. The van der Waals surface area contributed by atoms with Crippen LogP contribution in [-0.2, 0) is 0 Å². The van der Waals surface area contributed by atoms with Gasteiger partial charge in [-0.1, -0.05) is 25.4 Å². The number of amides is 1. The molecular weight excluding hydrogens is 328 g/mol. The number of piperidine rings is 1. The molecule has 5 nitrogen and oxygen atoms in total. The molecule has 134 valence electrons. The number of hydrogen-bond acceptors (Lipinski definition) is 4. The van der Waals surface area contributed by atoms with Crippen LogP contribution in [0.15, 0.2) is 12.1 Å². The Balaban J connectivity index is 2.27. The Morgan fingerprint density at radius 2 is 2.21 bits per heavy atom. The van der Waals surface area contributed by atoms with Crippen molar-refractivity contribution in [3.8, 4) is 11.5 Å². The molecule has 0 radical (unpaired) electrons. The first-order valence-corrected chi connectivity index (χ1v) is 8.90. The van der Waals surface area contributed by atoms with Crippen LogP contribution in [0.2, 0.25) is 5.02 Å². The second-order valence-corrected chi connectivity index (χ2v) is 6.76. The lowest BCUT2D eigenvalue weighted by molar-refractivity contribution is 0.0573. The lowest BCUT2D eigenvalue weighted by Crippen LogP contribution is -2.49. The van der Waals surface area contributed by atoms with Crippen LogP contribution in [0.5, 0.6) is 11.5 Å². The number of carbonyl (C=O) groups excluding carboxylic acids is 1. The zero-order valence-corrected chi connectivity index (χ0v) is 15.4. The number of carbonyl (C=O) groups is 1. The predicted octanol–water partition coefficient (Wildman–Crippen LogP) is 3.34. The summed E-state index contributed by atoms with van der Waals surface area (Å²) in [5.74, 6) is 1.50. The Morgan fingerprint density at radius 1 is 1.46 bits per heavy atom. The summed E-state index contributed by atoms with van der Waals surface area (Å²) in [6.07, 6.45) is 2.79. The van der Waals surface area contributed by atoms with Crippen molar-refractivity contribution in [2.45, 2.75) is 39.2 Å². The molecule has 0 spiro atoms. The molecule has 0 bridgehead atoms. The number of nitrogens with two attached hydrogens (primary N) is 1. The second kappa shape index (κ2) is 8.58. The van der Waals surface area contributed by atoms with E-state index in [-0.39, 0.29) is 11.9 Å². The highest BCUT2D eigenvalue weighted by molar-refractivity contribution is 6.32. The standard InChI is InChI=1S/C18H27ClN2O3/c1-4-7-24-17-15(19)9-13(10-16(17)23-3)18(22)21-6-5-12(2)8-14(21)11-20/h9-10,12,14H,4-8,11,20H2,1-3H3. The molecule has 1 aliphatic heterocycles. The summed E-state index contributed by atoms with van der Waals surface area (Å²) >= 11 is 6.33. The average molecular weight is 355 g/mol. The number of benzene rings is 1. The minimum atomic E-state index is -0.0559. The van der Waals surface area contributed by atoms with Gasteiger partial charge in [0.05, 0.1) is 18.7 Å². The fraction of sp³-hybridized carbons (Fsp3) is 0.611. The Morgan fingerprint density at radius 3 is 2.83 bits per heavy atom. The van der Waals surface area contributed by atoms with Gasteiger partial charge in [0.15, 0.2) is 11.5 Å². The molecule has 2 unspecified atom stereocenters. The smallest absolute Gasteiger partial charge is 0.254 e. The molecule has 24 heavy (non-hydrogen) atoms. The van der Waals surface area contributed by atoms with Crippen LogP contribution in [-0.4, -0.2) is 43.7 Å². The normalized spacial score (nSPS) is 20.8. The molecule has 1 aromatic rings. The maximum atomic E-state index is 12.9. The summed E-state index contributed by atoms with van der Waals surface area (Å²) < 4.78 is 11.0. The van der Waals surface area contributed by atoms with Crippen molar-refractivity contribution in [3.63, 3.8) is 0 Å². The summed E-state index contributed by atoms with van der Waals surface area (Å²) in [5, 5.41) is 0.390. The molecule has 6 heteroatoms. The van der Waals surface area contributed by atoms with Crippen LogP contribution in [0.25, 0.3) is 0 Å². The van der Waals surface area contributed by atoms with Gasteiger partial charge in [0.2, 0.25) is 0 Å². The second-order valence-electron chi connectivity index (χ2n) is 6.36. The van der Waals surface area contributed by atoms with Gasteiger partial charge in [-0.3, -0.25) is 4.79 Å². The average Bonchev–Trinajstić information content (AvgIpc) is 2.59. The Kier molecular flexibility index (Phi) is 6.75. The van der Waals surface area contributed by atoms with Gasteiger partial charge in [0, 0.05) is 24.7 Å². The fourth-order valence-electron chi connectivity index (χ4n) is 3.10. The number of hydrogen-bond donors (Lipinski definition) is 1. The van der Waals surface area contributed by atoms with Crippen LogP contribution in [0.4, 0.5) is 0 Å². The number of nitrogens with zero attached hydrogens (tertiary/aromatic N) is 1. The minimum absolute atomic E-state index is 0.0559. The number of methoxy groups -OCH3 is 1. The first kappa shape index (κ1) is 18.9. The Hall–Kier alpha value is -1.46. The molecule has 1 saturated heterocycles. The first-order valence-electron chi connectivity index (χ1n) is 8.53. The van der Waals surface area contributed by atoms with E-state index in [9.17, 15) is 4.79 Å². The van der Waals surface area contributed by atoms with Gasteiger partial charge < -0.3 is 20.1 Å². The largest absolute Gasteiger partial charge is 0.493 e. The van der Waals surface area contributed by atoms with Crippen LogP contribution in [0, 0.1) is 5.92 Å². The maximum absolute atomic E-state index is 12.9. The van der Waals surface area contributed by atoms with E-state index in [4.69, 9.17) is 26.8 Å². The van der Waals surface area contributed by atoms with Crippen molar-refractivity contribution in [2.75, 3.05) is 26.8 Å². The zero-order valence-electron chi connectivity index (χ0n) is 14.7. The molecule has 2 N–H and O–H groups in total. The van der Waals surface area contributed by atoms with E-state index in [0.29, 0.717) is 41.2 Å². The molecule has 1 amide bonds. The van der Waals surface area contributed by atoms with Gasteiger partial charge in [-0.15, -0.1) is 0 Å². The van der Waals surface area contributed by atoms with E-state index < -0.39 is 0 Å².